The average Bonchev–Trinajstić information content (AvgIpc) is 2.84. The van der Waals surface area contributed by atoms with Gasteiger partial charge in [0.15, 0.2) is 0 Å². The summed E-state index contributed by atoms with van der Waals surface area (Å²) in [5.74, 6) is 0.743. The Morgan fingerprint density at radius 3 is 2.65 bits per heavy atom. The molecule has 1 aromatic carbocycles. The van der Waals surface area contributed by atoms with Gasteiger partial charge in [0.1, 0.15) is 17.5 Å². The molecule has 1 saturated heterocycles. The molecule has 2 heterocycles. The van der Waals surface area contributed by atoms with E-state index in [1.165, 1.54) is 0 Å². The van der Waals surface area contributed by atoms with Gasteiger partial charge in [0, 0.05) is 24.8 Å². The van der Waals surface area contributed by atoms with Crippen molar-refractivity contribution in [1.29, 1.82) is 0 Å². The molecule has 2 aromatic rings. The molecule has 3 rings (SSSR count). The van der Waals surface area contributed by atoms with Crippen LogP contribution in [0, 0.1) is 13.8 Å². The number of hydrogen-bond donors (Lipinski definition) is 1. The first-order chi connectivity index (χ1) is 12.3. The van der Waals surface area contributed by atoms with E-state index in [0.29, 0.717) is 31.7 Å². The first-order valence-electron chi connectivity index (χ1n) is 8.99. The van der Waals surface area contributed by atoms with Gasteiger partial charge in [0.2, 0.25) is 5.91 Å². The van der Waals surface area contributed by atoms with Crippen LogP contribution in [-0.2, 0) is 18.3 Å². The van der Waals surface area contributed by atoms with Crippen molar-refractivity contribution in [3.63, 3.8) is 0 Å². The lowest BCUT2D eigenvalue weighted by atomic mass is 9.90. The maximum absolute atomic E-state index is 12.8. The molecule has 0 spiro atoms. The van der Waals surface area contributed by atoms with Crippen LogP contribution in [0.4, 0.5) is 0 Å². The largest absolute Gasteiger partial charge is 0.486 e. The van der Waals surface area contributed by atoms with E-state index >= 15 is 0 Å². The summed E-state index contributed by atoms with van der Waals surface area (Å²) in [6.07, 6.45) is 0.353. The van der Waals surface area contributed by atoms with Crippen LogP contribution in [0.15, 0.2) is 30.3 Å². The summed E-state index contributed by atoms with van der Waals surface area (Å²) in [6.45, 7) is 6.58. The molecule has 2 atom stereocenters. The predicted molar refractivity (Wildman–Crippen MR) is 99.1 cm³/mol. The summed E-state index contributed by atoms with van der Waals surface area (Å²) in [4.78, 5) is 14.6. The van der Waals surface area contributed by atoms with Crippen LogP contribution in [-0.4, -0.2) is 50.5 Å². The highest BCUT2D eigenvalue weighted by Gasteiger charge is 2.41. The van der Waals surface area contributed by atoms with E-state index < -0.39 is 11.7 Å². The highest BCUT2D eigenvalue weighted by Crippen LogP contribution is 2.27. The second kappa shape index (κ2) is 7.11. The number of hydrogen-bond acceptors (Lipinski definition) is 4. The SMILES string of the molecule is Cc1nn(C)c(C)c1CC(=O)N1CC[C@@](C)(O)[C@H](Oc2ccccc2)C1. The van der Waals surface area contributed by atoms with Crippen molar-refractivity contribution < 1.29 is 14.6 Å². The van der Waals surface area contributed by atoms with Crippen LogP contribution in [0.2, 0.25) is 0 Å². The van der Waals surface area contributed by atoms with E-state index in [1.54, 1.807) is 16.5 Å². The Morgan fingerprint density at radius 2 is 2.04 bits per heavy atom. The molecule has 26 heavy (non-hydrogen) atoms. The summed E-state index contributed by atoms with van der Waals surface area (Å²) >= 11 is 0. The molecule has 1 aliphatic heterocycles. The molecule has 0 aliphatic carbocycles. The van der Waals surface area contributed by atoms with Crippen LogP contribution in [0.1, 0.15) is 30.3 Å². The third kappa shape index (κ3) is 3.75. The molecule has 1 aliphatic rings. The highest BCUT2D eigenvalue weighted by atomic mass is 16.5. The lowest BCUT2D eigenvalue weighted by Gasteiger charge is -2.42. The van der Waals surface area contributed by atoms with Crippen molar-refractivity contribution in [3.8, 4) is 5.75 Å². The maximum atomic E-state index is 12.8. The Hall–Kier alpha value is -2.34. The first-order valence-corrected chi connectivity index (χ1v) is 8.99. The second-order valence-corrected chi connectivity index (χ2v) is 7.32. The quantitative estimate of drug-likeness (QED) is 0.909. The van der Waals surface area contributed by atoms with Gasteiger partial charge < -0.3 is 14.7 Å². The predicted octanol–water partition coefficient (Wildman–Crippen LogP) is 2.01. The van der Waals surface area contributed by atoms with Crippen LogP contribution >= 0.6 is 0 Å². The Morgan fingerprint density at radius 1 is 1.35 bits per heavy atom. The Bertz CT molecular complexity index is 783. The molecule has 0 bridgehead atoms. The molecule has 1 amide bonds. The van der Waals surface area contributed by atoms with Gasteiger partial charge in [-0.15, -0.1) is 0 Å². The zero-order valence-electron chi connectivity index (χ0n) is 15.9. The Labute approximate surface area is 154 Å². The van der Waals surface area contributed by atoms with Gasteiger partial charge in [-0.05, 0) is 39.3 Å². The van der Waals surface area contributed by atoms with E-state index in [4.69, 9.17) is 4.74 Å². The molecule has 1 fully saturated rings. The minimum atomic E-state index is -0.966. The van der Waals surface area contributed by atoms with Gasteiger partial charge in [-0.1, -0.05) is 18.2 Å². The summed E-state index contributed by atoms with van der Waals surface area (Å²) in [6, 6.07) is 9.42. The lowest BCUT2D eigenvalue weighted by Crippen LogP contribution is -2.57. The molecule has 1 N–H and O–H groups in total. The number of carbonyl (C=O) groups excluding carboxylic acids is 1. The van der Waals surface area contributed by atoms with Crippen molar-refractivity contribution in [2.24, 2.45) is 7.05 Å². The molecule has 0 saturated carbocycles. The van der Waals surface area contributed by atoms with E-state index in [1.807, 2.05) is 51.2 Å². The number of nitrogens with zero attached hydrogens (tertiary/aromatic N) is 3. The number of likely N-dealkylation sites (tertiary alicyclic amines) is 1. The molecule has 140 valence electrons. The van der Waals surface area contributed by atoms with Crippen molar-refractivity contribution in [3.05, 3.63) is 47.3 Å². The number of amides is 1. The van der Waals surface area contributed by atoms with Crippen molar-refractivity contribution in [2.45, 2.75) is 45.3 Å². The van der Waals surface area contributed by atoms with Gasteiger partial charge in [-0.2, -0.15) is 5.10 Å². The minimum Gasteiger partial charge on any atom is -0.486 e. The van der Waals surface area contributed by atoms with Crippen molar-refractivity contribution in [2.75, 3.05) is 13.1 Å². The van der Waals surface area contributed by atoms with Gasteiger partial charge in [-0.3, -0.25) is 9.48 Å². The number of para-hydroxylation sites is 1. The summed E-state index contributed by atoms with van der Waals surface area (Å²) in [7, 11) is 1.89. The fourth-order valence-corrected chi connectivity index (χ4v) is 3.40. The van der Waals surface area contributed by atoms with Gasteiger partial charge in [0.25, 0.3) is 0 Å². The summed E-state index contributed by atoms with van der Waals surface area (Å²) < 4.78 is 7.80. The van der Waals surface area contributed by atoms with Crippen LogP contribution in [0.5, 0.6) is 5.75 Å². The summed E-state index contributed by atoms with van der Waals surface area (Å²) in [5, 5.41) is 15.1. The minimum absolute atomic E-state index is 0.0429. The molecule has 0 unspecified atom stereocenters. The monoisotopic (exact) mass is 357 g/mol. The number of carbonyl (C=O) groups is 1. The number of aromatic nitrogens is 2. The zero-order valence-corrected chi connectivity index (χ0v) is 15.9. The highest BCUT2D eigenvalue weighted by molar-refractivity contribution is 5.79. The lowest BCUT2D eigenvalue weighted by molar-refractivity contribution is -0.142. The van der Waals surface area contributed by atoms with Crippen LogP contribution < -0.4 is 4.74 Å². The standard InChI is InChI=1S/C20H27N3O3/c1-14-17(15(2)22(4)21-14)12-19(24)23-11-10-20(3,25)18(13-23)26-16-8-6-5-7-9-16/h5-9,18,25H,10-13H2,1-4H3/t18-,20-/m1/s1. The topological polar surface area (TPSA) is 67.6 Å². The molecular formula is C20H27N3O3. The molecular weight excluding hydrogens is 330 g/mol. The van der Waals surface area contributed by atoms with Crippen molar-refractivity contribution in [1.82, 2.24) is 14.7 Å². The number of ether oxygens (including phenoxy) is 1. The number of aryl methyl sites for hydroxylation is 2. The Balaban J connectivity index is 1.71. The number of piperidine rings is 1. The fraction of sp³-hybridized carbons (Fsp3) is 0.500. The number of rotatable bonds is 4. The molecule has 6 heteroatoms. The van der Waals surface area contributed by atoms with Crippen LogP contribution in [0.25, 0.3) is 0 Å². The van der Waals surface area contributed by atoms with E-state index in [0.717, 1.165) is 17.0 Å². The van der Waals surface area contributed by atoms with Gasteiger partial charge >= 0.3 is 0 Å². The van der Waals surface area contributed by atoms with E-state index in [2.05, 4.69) is 5.10 Å². The van der Waals surface area contributed by atoms with Gasteiger partial charge in [0.05, 0.1) is 18.7 Å². The molecule has 0 radical (unpaired) electrons. The van der Waals surface area contributed by atoms with Gasteiger partial charge in [-0.25, -0.2) is 0 Å². The third-order valence-electron chi connectivity index (χ3n) is 5.33. The zero-order chi connectivity index (χ0) is 18.9. The normalized spacial score (nSPS) is 23.1. The van der Waals surface area contributed by atoms with Crippen molar-refractivity contribution >= 4 is 5.91 Å². The average molecular weight is 357 g/mol. The fourth-order valence-electron chi connectivity index (χ4n) is 3.40. The second-order valence-electron chi connectivity index (χ2n) is 7.32. The summed E-state index contributed by atoms with van der Waals surface area (Å²) in [5.41, 5.74) is 1.92. The number of benzene rings is 1. The molecule has 1 aromatic heterocycles. The number of aliphatic hydroxyl groups is 1. The third-order valence-corrected chi connectivity index (χ3v) is 5.33. The Kier molecular flexibility index (Phi) is 5.05. The van der Waals surface area contributed by atoms with E-state index in [9.17, 15) is 9.90 Å². The smallest absolute Gasteiger partial charge is 0.227 e. The molecule has 6 nitrogen and oxygen atoms in total. The van der Waals surface area contributed by atoms with Crippen LogP contribution in [0.3, 0.4) is 0 Å². The maximum Gasteiger partial charge on any atom is 0.227 e. The first kappa shape index (κ1) is 18.5. The van der Waals surface area contributed by atoms with E-state index in [-0.39, 0.29) is 5.91 Å².